The molecule has 3 rings (SSSR count). The Morgan fingerprint density at radius 2 is 1.74 bits per heavy atom. The lowest BCUT2D eigenvalue weighted by atomic mass is 9.86. The summed E-state index contributed by atoms with van der Waals surface area (Å²) in [4.78, 5) is 21.1. The molecule has 0 unspecified atom stereocenters. The lowest BCUT2D eigenvalue weighted by Crippen LogP contribution is -2.19. The Morgan fingerprint density at radius 1 is 0.963 bits per heavy atom. The predicted molar refractivity (Wildman–Crippen MR) is 109 cm³/mol. The number of anilines is 2. The molecule has 2 aromatic heterocycles. The van der Waals surface area contributed by atoms with Crippen molar-refractivity contribution < 1.29 is 4.79 Å². The van der Waals surface area contributed by atoms with Crippen molar-refractivity contribution in [2.24, 2.45) is 0 Å². The van der Waals surface area contributed by atoms with Crippen molar-refractivity contribution in [2.75, 3.05) is 10.6 Å². The van der Waals surface area contributed by atoms with Gasteiger partial charge in [0, 0.05) is 11.9 Å². The number of benzene rings is 1. The normalized spacial score (nSPS) is 11.1. The number of nitrogens with one attached hydrogen (secondary N) is 2. The standard InChI is InChI=1S/C22H24N4O/c1-22(2,3)18-9-4-5-10-19(18)26-21(27)20-12-11-17(15-25-20)24-14-16-8-6-7-13-23-16/h4-13,15,24H,14H2,1-3H3,(H,26,27). The van der Waals surface area contributed by atoms with Crippen LogP contribution in [0.25, 0.3) is 0 Å². The number of amides is 1. The van der Waals surface area contributed by atoms with Gasteiger partial charge < -0.3 is 10.6 Å². The van der Waals surface area contributed by atoms with Crippen LogP contribution < -0.4 is 10.6 Å². The van der Waals surface area contributed by atoms with Crippen LogP contribution in [0.5, 0.6) is 0 Å². The van der Waals surface area contributed by atoms with Gasteiger partial charge in [-0.05, 0) is 41.3 Å². The van der Waals surface area contributed by atoms with Crippen LogP contribution in [0.1, 0.15) is 42.5 Å². The van der Waals surface area contributed by atoms with Crippen LogP contribution in [0, 0.1) is 0 Å². The molecule has 0 aliphatic rings. The average Bonchev–Trinajstić information content (AvgIpc) is 2.67. The van der Waals surface area contributed by atoms with Gasteiger partial charge in [0.05, 0.1) is 24.1 Å². The summed E-state index contributed by atoms with van der Waals surface area (Å²) < 4.78 is 0. The number of pyridine rings is 2. The minimum absolute atomic E-state index is 0.0590. The molecule has 138 valence electrons. The number of carbonyl (C=O) groups excluding carboxylic acids is 1. The second kappa shape index (κ2) is 7.99. The number of rotatable bonds is 5. The highest BCUT2D eigenvalue weighted by atomic mass is 16.1. The van der Waals surface area contributed by atoms with Crippen molar-refractivity contribution in [1.82, 2.24) is 9.97 Å². The van der Waals surface area contributed by atoms with Crippen LogP contribution in [-0.4, -0.2) is 15.9 Å². The Kier molecular flexibility index (Phi) is 5.50. The van der Waals surface area contributed by atoms with E-state index in [0.29, 0.717) is 12.2 Å². The summed E-state index contributed by atoms with van der Waals surface area (Å²) in [5.74, 6) is -0.219. The number of nitrogens with zero attached hydrogens (tertiary/aromatic N) is 2. The number of hydrogen-bond donors (Lipinski definition) is 2. The van der Waals surface area contributed by atoms with E-state index in [2.05, 4.69) is 41.4 Å². The summed E-state index contributed by atoms with van der Waals surface area (Å²) >= 11 is 0. The molecule has 0 radical (unpaired) electrons. The summed E-state index contributed by atoms with van der Waals surface area (Å²) in [7, 11) is 0. The number of para-hydroxylation sites is 1. The zero-order chi connectivity index (χ0) is 19.3. The molecule has 5 heteroatoms. The van der Waals surface area contributed by atoms with Gasteiger partial charge in [-0.3, -0.25) is 9.78 Å². The van der Waals surface area contributed by atoms with E-state index >= 15 is 0 Å². The van der Waals surface area contributed by atoms with Crippen molar-refractivity contribution in [3.8, 4) is 0 Å². The fourth-order valence-electron chi connectivity index (χ4n) is 2.76. The molecule has 0 bridgehead atoms. The maximum absolute atomic E-state index is 12.6. The Balaban J connectivity index is 1.66. The third-order valence-corrected chi connectivity index (χ3v) is 4.18. The lowest BCUT2D eigenvalue weighted by molar-refractivity contribution is 0.102. The topological polar surface area (TPSA) is 66.9 Å². The first-order valence-electron chi connectivity index (χ1n) is 8.94. The van der Waals surface area contributed by atoms with Crippen molar-refractivity contribution in [2.45, 2.75) is 32.7 Å². The third-order valence-electron chi connectivity index (χ3n) is 4.18. The van der Waals surface area contributed by atoms with Crippen LogP contribution in [0.4, 0.5) is 11.4 Å². The van der Waals surface area contributed by atoms with Gasteiger partial charge >= 0.3 is 0 Å². The average molecular weight is 360 g/mol. The van der Waals surface area contributed by atoms with E-state index < -0.39 is 0 Å². The van der Waals surface area contributed by atoms with Crippen LogP contribution >= 0.6 is 0 Å². The summed E-state index contributed by atoms with van der Waals surface area (Å²) in [6, 6.07) is 17.2. The van der Waals surface area contributed by atoms with Crippen molar-refractivity contribution in [3.63, 3.8) is 0 Å². The van der Waals surface area contributed by atoms with E-state index in [9.17, 15) is 4.79 Å². The van der Waals surface area contributed by atoms with Gasteiger partial charge in [0.15, 0.2) is 0 Å². The summed E-state index contributed by atoms with van der Waals surface area (Å²) in [6.45, 7) is 6.97. The monoisotopic (exact) mass is 360 g/mol. The minimum Gasteiger partial charge on any atom is -0.378 e. The van der Waals surface area contributed by atoms with E-state index in [-0.39, 0.29) is 11.3 Å². The molecule has 0 aliphatic carbocycles. The summed E-state index contributed by atoms with van der Waals surface area (Å²) in [5.41, 5.74) is 4.00. The van der Waals surface area contributed by atoms with Crippen molar-refractivity contribution >= 4 is 17.3 Å². The van der Waals surface area contributed by atoms with E-state index in [1.165, 1.54) is 0 Å². The predicted octanol–water partition coefficient (Wildman–Crippen LogP) is 4.64. The molecule has 2 heterocycles. The molecule has 0 atom stereocenters. The van der Waals surface area contributed by atoms with Gasteiger partial charge in [0.2, 0.25) is 0 Å². The number of carbonyl (C=O) groups is 1. The highest BCUT2D eigenvalue weighted by Gasteiger charge is 2.19. The van der Waals surface area contributed by atoms with Crippen molar-refractivity contribution in [3.05, 3.63) is 83.9 Å². The maximum Gasteiger partial charge on any atom is 0.274 e. The number of hydrogen-bond acceptors (Lipinski definition) is 4. The SMILES string of the molecule is CC(C)(C)c1ccccc1NC(=O)c1ccc(NCc2ccccn2)cn1. The first-order chi connectivity index (χ1) is 12.9. The Morgan fingerprint density at radius 3 is 2.41 bits per heavy atom. The quantitative estimate of drug-likeness (QED) is 0.696. The summed E-state index contributed by atoms with van der Waals surface area (Å²) in [6.07, 6.45) is 3.42. The molecule has 0 spiro atoms. The molecular formula is C22H24N4O. The van der Waals surface area contributed by atoms with Gasteiger partial charge in [0.25, 0.3) is 5.91 Å². The molecule has 1 amide bonds. The van der Waals surface area contributed by atoms with E-state index in [1.54, 1.807) is 18.5 Å². The van der Waals surface area contributed by atoms with Crippen molar-refractivity contribution in [1.29, 1.82) is 0 Å². The molecule has 2 N–H and O–H groups in total. The zero-order valence-corrected chi connectivity index (χ0v) is 15.9. The molecular weight excluding hydrogens is 336 g/mol. The summed E-state index contributed by atoms with van der Waals surface area (Å²) in [5, 5.41) is 6.23. The molecule has 0 saturated carbocycles. The Hall–Kier alpha value is -3.21. The van der Waals surface area contributed by atoms with E-state index in [4.69, 9.17) is 0 Å². The first-order valence-corrected chi connectivity index (χ1v) is 8.94. The second-order valence-electron chi connectivity index (χ2n) is 7.36. The lowest BCUT2D eigenvalue weighted by Gasteiger charge is -2.22. The molecule has 1 aromatic carbocycles. The van der Waals surface area contributed by atoms with Crippen LogP contribution in [0.2, 0.25) is 0 Å². The number of aromatic nitrogens is 2. The van der Waals surface area contributed by atoms with Gasteiger partial charge in [-0.1, -0.05) is 45.0 Å². The zero-order valence-electron chi connectivity index (χ0n) is 15.9. The first kappa shape index (κ1) is 18.6. The van der Waals surface area contributed by atoms with Crippen LogP contribution in [-0.2, 0) is 12.0 Å². The molecule has 27 heavy (non-hydrogen) atoms. The second-order valence-corrected chi connectivity index (χ2v) is 7.36. The molecule has 0 saturated heterocycles. The highest BCUT2D eigenvalue weighted by Crippen LogP contribution is 2.29. The highest BCUT2D eigenvalue weighted by molar-refractivity contribution is 6.03. The smallest absolute Gasteiger partial charge is 0.274 e. The Labute approximate surface area is 159 Å². The Bertz CT molecular complexity index is 900. The third kappa shape index (κ3) is 4.91. The van der Waals surface area contributed by atoms with Gasteiger partial charge in [-0.25, -0.2) is 4.98 Å². The van der Waals surface area contributed by atoms with Gasteiger partial charge in [-0.2, -0.15) is 0 Å². The molecule has 5 nitrogen and oxygen atoms in total. The molecule has 0 aliphatic heterocycles. The van der Waals surface area contributed by atoms with Gasteiger partial charge in [-0.15, -0.1) is 0 Å². The molecule has 0 fully saturated rings. The molecule has 3 aromatic rings. The largest absolute Gasteiger partial charge is 0.378 e. The van der Waals surface area contributed by atoms with Crippen LogP contribution in [0.15, 0.2) is 67.0 Å². The van der Waals surface area contributed by atoms with Crippen LogP contribution in [0.3, 0.4) is 0 Å². The maximum atomic E-state index is 12.6. The minimum atomic E-state index is -0.219. The fraction of sp³-hybridized carbons (Fsp3) is 0.227. The van der Waals surface area contributed by atoms with E-state index in [1.807, 2.05) is 48.5 Å². The van der Waals surface area contributed by atoms with E-state index in [0.717, 1.165) is 22.6 Å². The van der Waals surface area contributed by atoms with Gasteiger partial charge in [0.1, 0.15) is 5.69 Å². The fourth-order valence-corrected chi connectivity index (χ4v) is 2.76.